The summed E-state index contributed by atoms with van der Waals surface area (Å²) in [5.74, 6) is 1.36. The van der Waals surface area contributed by atoms with Gasteiger partial charge in [0.25, 0.3) is 5.89 Å². The van der Waals surface area contributed by atoms with Crippen LogP contribution in [-0.4, -0.2) is 15.2 Å². The first-order chi connectivity index (χ1) is 8.44. The third kappa shape index (κ3) is 3.32. The van der Waals surface area contributed by atoms with Crippen molar-refractivity contribution < 1.29 is 9.63 Å². The summed E-state index contributed by atoms with van der Waals surface area (Å²) in [5.41, 5.74) is 0.996. The number of aromatic nitrogens is 2. The molecule has 0 spiro atoms. The van der Waals surface area contributed by atoms with Crippen molar-refractivity contribution in [1.29, 1.82) is 0 Å². The van der Waals surface area contributed by atoms with Crippen LogP contribution in [0.15, 0.2) is 28.8 Å². The molecule has 1 N–H and O–H groups in total. The van der Waals surface area contributed by atoms with Gasteiger partial charge in [0, 0.05) is 12.0 Å². The van der Waals surface area contributed by atoms with Crippen LogP contribution in [0.2, 0.25) is 0 Å². The van der Waals surface area contributed by atoms with Gasteiger partial charge in [0.2, 0.25) is 0 Å². The van der Waals surface area contributed by atoms with Crippen LogP contribution >= 0.6 is 0 Å². The maximum Gasteiger partial charge on any atom is 0.258 e. The van der Waals surface area contributed by atoms with Gasteiger partial charge >= 0.3 is 0 Å². The Morgan fingerprint density at radius 3 is 2.72 bits per heavy atom. The molecule has 96 valence electrons. The zero-order valence-electron chi connectivity index (χ0n) is 11.0. The van der Waals surface area contributed by atoms with Crippen LogP contribution in [0.4, 0.5) is 0 Å². The van der Waals surface area contributed by atoms with Gasteiger partial charge < -0.3 is 9.63 Å². The summed E-state index contributed by atoms with van der Waals surface area (Å²) < 4.78 is 5.20. The van der Waals surface area contributed by atoms with Gasteiger partial charge in [-0.25, -0.2) is 0 Å². The number of nitrogens with zero attached hydrogens (tertiary/aromatic N) is 2. The monoisotopic (exact) mass is 246 g/mol. The second-order valence-electron chi connectivity index (χ2n) is 5.63. The van der Waals surface area contributed by atoms with Gasteiger partial charge in [0.05, 0.1) is 0 Å². The number of aryl methyl sites for hydroxylation is 1. The molecule has 4 nitrogen and oxygen atoms in total. The molecule has 0 saturated carbocycles. The average molecular weight is 246 g/mol. The van der Waals surface area contributed by atoms with E-state index < -0.39 is 0 Å². The zero-order valence-corrected chi connectivity index (χ0v) is 11.0. The highest BCUT2D eigenvalue weighted by Crippen LogP contribution is 2.24. The summed E-state index contributed by atoms with van der Waals surface area (Å²) in [4.78, 5) is 4.34. The number of hydrogen-bond donors (Lipinski definition) is 1. The summed E-state index contributed by atoms with van der Waals surface area (Å²) in [5, 5.41) is 13.4. The highest BCUT2D eigenvalue weighted by atomic mass is 16.5. The van der Waals surface area contributed by atoms with E-state index >= 15 is 0 Å². The maximum atomic E-state index is 9.40. The highest BCUT2D eigenvalue weighted by molar-refractivity contribution is 5.55. The first-order valence-corrected chi connectivity index (χ1v) is 6.06. The van der Waals surface area contributed by atoms with Gasteiger partial charge in [-0.2, -0.15) is 4.98 Å². The van der Waals surface area contributed by atoms with Crippen molar-refractivity contribution in [3.05, 3.63) is 30.1 Å². The molecule has 0 unspecified atom stereocenters. The van der Waals surface area contributed by atoms with Crippen molar-refractivity contribution >= 4 is 0 Å². The first kappa shape index (κ1) is 12.6. The van der Waals surface area contributed by atoms with Crippen molar-refractivity contribution in [3.8, 4) is 17.2 Å². The van der Waals surface area contributed by atoms with E-state index in [1.807, 2.05) is 6.07 Å². The third-order valence-electron chi connectivity index (χ3n) is 2.66. The van der Waals surface area contributed by atoms with E-state index in [1.54, 1.807) is 18.2 Å². The Morgan fingerprint density at radius 1 is 1.28 bits per heavy atom. The Kier molecular flexibility index (Phi) is 3.36. The predicted molar refractivity (Wildman–Crippen MR) is 69.2 cm³/mol. The summed E-state index contributed by atoms with van der Waals surface area (Å²) in [7, 11) is 0. The second-order valence-corrected chi connectivity index (χ2v) is 5.63. The molecule has 0 aliphatic heterocycles. The number of rotatable bonds is 3. The molecular formula is C14H18N2O2. The number of benzene rings is 1. The molecule has 1 aromatic heterocycles. The van der Waals surface area contributed by atoms with Crippen molar-refractivity contribution in [3.63, 3.8) is 0 Å². The minimum atomic E-state index is 0.196. The fourth-order valence-electron chi connectivity index (χ4n) is 1.60. The largest absolute Gasteiger partial charge is 0.508 e. The summed E-state index contributed by atoms with van der Waals surface area (Å²) in [6.07, 6.45) is 1.80. The SMILES string of the molecule is CC(C)(C)CCc1noc(-c2cccc(O)c2)n1. The van der Waals surface area contributed by atoms with Gasteiger partial charge in [-0.3, -0.25) is 0 Å². The predicted octanol–water partition coefficient (Wildman–Crippen LogP) is 3.42. The van der Waals surface area contributed by atoms with E-state index in [2.05, 4.69) is 30.9 Å². The lowest BCUT2D eigenvalue weighted by Crippen LogP contribution is -2.06. The molecule has 4 heteroatoms. The van der Waals surface area contributed by atoms with E-state index in [0.29, 0.717) is 11.7 Å². The molecule has 0 bridgehead atoms. The molecule has 0 aliphatic rings. The maximum absolute atomic E-state index is 9.40. The van der Waals surface area contributed by atoms with Gasteiger partial charge in [-0.15, -0.1) is 0 Å². The highest BCUT2D eigenvalue weighted by Gasteiger charge is 2.14. The fourth-order valence-corrected chi connectivity index (χ4v) is 1.60. The summed E-state index contributed by atoms with van der Waals surface area (Å²) in [6.45, 7) is 6.55. The topological polar surface area (TPSA) is 59.2 Å². The van der Waals surface area contributed by atoms with Crippen LogP contribution < -0.4 is 0 Å². The molecule has 1 heterocycles. The fraction of sp³-hybridized carbons (Fsp3) is 0.429. The smallest absolute Gasteiger partial charge is 0.258 e. The van der Waals surface area contributed by atoms with E-state index in [-0.39, 0.29) is 11.2 Å². The minimum absolute atomic E-state index is 0.196. The standard InChI is InChI=1S/C14H18N2O2/c1-14(2,3)8-7-12-15-13(18-16-12)10-5-4-6-11(17)9-10/h4-6,9,17H,7-8H2,1-3H3. The average Bonchev–Trinajstić information content (AvgIpc) is 2.74. The Hall–Kier alpha value is -1.84. The van der Waals surface area contributed by atoms with E-state index in [4.69, 9.17) is 4.52 Å². The van der Waals surface area contributed by atoms with E-state index in [1.165, 1.54) is 0 Å². The molecule has 0 radical (unpaired) electrons. The molecule has 1 aromatic carbocycles. The van der Waals surface area contributed by atoms with Crippen molar-refractivity contribution in [2.75, 3.05) is 0 Å². The quantitative estimate of drug-likeness (QED) is 0.901. The molecular weight excluding hydrogens is 228 g/mol. The zero-order chi connectivity index (χ0) is 13.2. The summed E-state index contributed by atoms with van der Waals surface area (Å²) >= 11 is 0. The lowest BCUT2D eigenvalue weighted by molar-refractivity contribution is 0.366. The number of aromatic hydroxyl groups is 1. The van der Waals surface area contributed by atoms with Gasteiger partial charge in [0.15, 0.2) is 5.82 Å². The van der Waals surface area contributed by atoms with Gasteiger partial charge in [0.1, 0.15) is 5.75 Å². The van der Waals surface area contributed by atoms with Crippen LogP contribution in [0.3, 0.4) is 0 Å². The molecule has 0 atom stereocenters. The lowest BCUT2D eigenvalue weighted by Gasteiger charge is -2.15. The first-order valence-electron chi connectivity index (χ1n) is 6.06. The van der Waals surface area contributed by atoms with Crippen LogP contribution in [0.1, 0.15) is 33.0 Å². The van der Waals surface area contributed by atoms with Crippen LogP contribution in [-0.2, 0) is 6.42 Å². The van der Waals surface area contributed by atoms with Gasteiger partial charge in [-0.05, 0) is 30.0 Å². The minimum Gasteiger partial charge on any atom is -0.508 e. The number of phenolic OH excluding ortho intramolecular Hbond substituents is 1. The van der Waals surface area contributed by atoms with E-state index in [9.17, 15) is 5.11 Å². The molecule has 2 rings (SSSR count). The Balaban J connectivity index is 2.11. The van der Waals surface area contributed by atoms with Crippen molar-refractivity contribution in [2.45, 2.75) is 33.6 Å². The molecule has 0 fully saturated rings. The van der Waals surface area contributed by atoms with Crippen LogP contribution in [0.25, 0.3) is 11.5 Å². The second kappa shape index (κ2) is 4.80. The third-order valence-corrected chi connectivity index (χ3v) is 2.66. The van der Waals surface area contributed by atoms with Crippen molar-refractivity contribution in [2.24, 2.45) is 5.41 Å². The summed E-state index contributed by atoms with van der Waals surface area (Å²) in [6, 6.07) is 6.81. The normalized spacial score (nSPS) is 11.7. The van der Waals surface area contributed by atoms with Crippen molar-refractivity contribution in [1.82, 2.24) is 10.1 Å². The van der Waals surface area contributed by atoms with Gasteiger partial charge in [-0.1, -0.05) is 32.0 Å². The molecule has 18 heavy (non-hydrogen) atoms. The lowest BCUT2D eigenvalue weighted by atomic mass is 9.90. The number of hydrogen-bond acceptors (Lipinski definition) is 4. The van der Waals surface area contributed by atoms with E-state index in [0.717, 1.165) is 18.4 Å². The molecule has 0 aliphatic carbocycles. The van der Waals surface area contributed by atoms with Crippen LogP contribution in [0.5, 0.6) is 5.75 Å². The van der Waals surface area contributed by atoms with Crippen LogP contribution in [0, 0.1) is 5.41 Å². The molecule has 2 aromatic rings. The molecule has 0 saturated heterocycles. The number of phenols is 1. The Labute approximate surface area is 107 Å². The Morgan fingerprint density at radius 2 is 2.06 bits per heavy atom. The molecule has 0 amide bonds. The Bertz CT molecular complexity index is 527.